The Hall–Kier alpha value is -2.04. The van der Waals surface area contributed by atoms with Gasteiger partial charge in [-0.15, -0.1) is 0 Å². The Bertz CT molecular complexity index is 472. The smallest absolute Gasteiger partial charge is 0.326 e. The summed E-state index contributed by atoms with van der Waals surface area (Å²) in [7, 11) is 0. The van der Waals surface area contributed by atoms with E-state index < -0.39 is 18.0 Å². The van der Waals surface area contributed by atoms with Crippen LogP contribution in [0.5, 0.6) is 0 Å². The Labute approximate surface area is 119 Å². The molecule has 0 heterocycles. The van der Waals surface area contributed by atoms with Crippen LogP contribution in [0.2, 0.25) is 0 Å². The lowest BCUT2D eigenvalue weighted by Crippen LogP contribution is -2.46. The molecule has 0 aliphatic rings. The zero-order chi connectivity index (χ0) is 15.1. The molecule has 1 atom stereocenters. The van der Waals surface area contributed by atoms with E-state index in [0.29, 0.717) is 13.0 Å². The van der Waals surface area contributed by atoms with Gasteiger partial charge in [-0.05, 0) is 30.4 Å². The molecular formula is C15H22N2O3. The number of aryl methyl sites for hydroxylation is 1. The number of hydrogen-bond donors (Lipinski definition) is 3. The summed E-state index contributed by atoms with van der Waals surface area (Å²) in [5, 5.41) is 14.2. The second-order valence-electron chi connectivity index (χ2n) is 5.27. The molecule has 0 saturated heterocycles. The molecule has 0 fully saturated rings. The van der Waals surface area contributed by atoms with Crippen LogP contribution in [0.15, 0.2) is 24.3 Å². The van der Waals surface area contributed by atoms with E-state index in [2.05, 4.69) is 10.6 Å². The van der Waals surface area contributed by atoms with Crippen molar-refractivity contribution >= 4 is 12.0 Å². The van der Waals surface area contributed by atoms with Crippen molar-refractivity contribution in [2.24, 2.45) is 5.92 Å². The predicted molar refractivity (Wildman–Crippen MR) is 77.4 cm³/mol. The van der Waals surface area contributed by atoms with Gasteiger partial charge in [0, 0.05) is 6.54 Å². The molecule has 0 aliphatic carbocycles. The molecule has 0 spiro atoms. The quantitative estimate of drug-likeness (QED) is 0.747. The van der Waals surface area contributed by atoms with Crippen LogP contribution in [0, 0.1) is 12.8 Å². The Kier molecular flexibility index (Phi) is 6.03. The van der Waals surface area contributed by atoms with Gasteiger partial charge < -0.3 is 15.7 Å². The van der Waals surface area contributed by atoms with E-state index in [9.17, 15) is 9.59 Å². The number of urea groups is 1. The van der Waals surface area contributed by atoms with E-state index in [1.807, 2.05) is 45.0 Å². The summed E-state index contributed by atoms with van der Waals surface area (Å²) in [4.78, 5) is 22.8. The van der Waals surface area contributed by atoms with Gasteiger partial charge in [0.25, 0.3) is 0 Å². The molecule has 0 radical (unpaired) electrons. The van der Waals surface area contributed by atoms with E-state index in [4.69, 9.17) is 5.11 Å². The average molecular weight is 278 g/mol. The van der Waals surface area contributed by atoms with Crippen LogP contribution in [0.1, 0.15) is 31.4 Å². The standard InChI is InChI=1S/C15H22N2O3/c1-10(2)8-13(14(18)19)17-15(20)16-9-12-7-5-4-6-11(12)3/h4-7,10,13H,8-9H2,1-3H3,(H,18,19)(H2,16,17,20). The summed E-state index contributed by atoms with van der Waals surface area (Å²) < 4.78 is 0. The largest absolute Gasteiger partial charge is 0.480 e. The lowest BCUT2D eigenvalue weighted by Gasteiger charge is -2.17. The third-order valence-electron chi connectivity index (χ3n) is 3.01. The zero-order valence-electron chi connectivity index (χ0n) is 12.1. The first kappa shape index (κ1) is 16.0. The first-order valence-corrected chi connectivity index (χ1v) is 6.71. The highest BCUT2D eigenvalue weighted by molar-refractivity contribution is 5.82. The van der Waals surface area contributed by atoms with Gasteiger partial charge in [-0.25, -0.2) is 9.59 Å². The van der Waals surface area contributed by atoms with Gasteiger partial charge in [-0.1, -0.05) is 38.1 Å². The molecule has 0 saturated carbocycles. The molecule has 1 aromatic carbocycles. The summed E-state index contributed by atoms with van der Waals surface area (Å²) in [5.41, 5.74) is 2.10. The molecule has 1 rings (SSSR count). The molecule has 1 unspecified atom stereocenters. The van der Waals surface area contributed by atoms with Crippen molar-refractivity contribution in [3.05, 3.63) is 35.4 Å². The maximum absolute atomic E-state index is 11.7. The minimum Gasteiger partial charge on any atom is -0.480 e. The fourth-order valence-electron chi connectivity index (χ4n) is 1.89. The van der Waals surface area contributed by atoms with Crippen LogP contribution in [-0.4, -0.2) is 23.1 Å². The van der Waals surface area contributed by atoms with Gasteiger partial charge in [0.1, 0.15) is 6.04 Å². The predicted octanol–water partition coefficient (Wildman–Crippen LogP) is 2.29. The highest BCUT2D eigenvalue weighted by atomic mass is 16.4. The third-order valence-corrected chi connectivity index (χ3v) is 3.01. The third kappa shape index (κ3) is 5.30. The first-order chi connectivity index (χ1) is 9.40. The molecule has 0 bridgehead atoms. The van der Waals surface area contributed by atoms with Crippen molar-refractivity contribution in [1.82, 2.24) is 10.6 Å². The van der Waals surface area contributed by atoms with Gasteiger partial charge in [-0.3, -0.25) is 0 Å². The molecule has 0 aromatic heterocycles. The Morgan fingerprint density at radius 2 is 1.90 bits per heavy atom. The molecular weight excluding hydrogens is 256 g/mol. The Morgan fingerprint density at radius 3 is 2.45 bits per heavy atom. The average Bonchev–Trinajstić information content (AvgIpc) is 2.36. The lowest BCUT2D eigenvalue weighted by atomic mass is 10.0. The molecule has 5 nitrogen and oxygen atoms in total. The second-order valence-corrected chi connectivity index (χ2v) is 5.27. The zero-order valence-corrected chi connectivity index (χ0v) is 12.1. The van der Waals surface area contributed by atoms with Crippen LogP contribution in [-0.2, 0) is 11.3 Å². The molecule has 2 amide bonds. The minimum atomic E-state index is -1.01. The maximum atomic E-state index is 11.7. The van der Waals surface area contributed by atoms with Crippen molar-refractivity contribution < 1.29 is 14.7 Å². The monoisotopic (exact) mass is 278 g/mol. The number of benzene rings is 1. The number of aliphatic carboxylic acids is 1. The fourth-order valence-corrected chi connectivity index (χ4v) is 1.89. The van der Waals surface area contributed by atoms with Crippen LogP contribution < -0.4 is 10.6 Å². The van der Waals surface area contributed by atoms with Crippen LogP contribution in [0.3, 0.4) is 0 Å². The number of amides is 2. The second kappa shape index (κ2) is 7.53. The number of carboxylic acids is 1. The van der Waals surface area contributed by atoms with E-state index in [1.165, 1.54) is 0 Å². The van der Waals surface area contributed by atoms with Gasteiger partial charge in [0.15, 0.2) is 0 Å². The molecule has 3 N–H and O–H groups in total. The number of carbonyl (C=O) groups excluding carboxylic acids is 1. The van der Waals surface area contributed by atoms with Crippen LogP contribution in [0.25, 0.3) is 0 Å². The van der Waals surface area contributed by atoms with Gasteiger partial charge in [-0.2, -0.15) is 0 Å². The van der Waals surface area contributed by atoms with E-state index in [1.54, 1.807) is 0 Å². The number of nitrogens with one attached hydrogen (secondary N) is 2. The van der Waals surface area contributed by atoms with Crippen molar-refractivity contribution in [2.75, 3.05) is 0 Å². The molecule has 0 aliphatic heterocycles. The summed E-state index contributed by atoms with van der Waals surface area (Å²) >= 11 is 0. The number of hydrogen-bond acceptors (Lipinski definition) is 2. The topological polar surface area (TPSA) is 78.4 Å². The molecule has 1 aromatic rings. The molecule has 110 valence electrons. The van der Waals surface area contributed by atoms with Gasteiger partial charge in [0.05, 0.1) is 0 Å². The normalized spacial score (nSPS) is 12.0. The Balaban J connectivity index is 2.50. The summed E-state index contributed by atoms with van der Waals surface area (Å²) in [6.45, 7) is 6.19. The van der Waals surface area contributed by atoms with Crippen molar-refractivity contribution in [3.8, 4) is 0 Å². The Morgan fingerprint density at radius 1 is 1.25 bits per heavy atom. The number of carboxylic acid groups (broad SMARTS) is 1. The molecule has 5 heteroatoms. The van der Waals surface area contributed by atoms with Gasteiger partial charge in [0.2, 0.25) is 0 Å². The van der Waals surface area contributed by atoms with Crippen LogP contribution in [0.4, 0.5) is 4.79 Å². The van der Waals surface area contributed by atoms with Crippen LogP contribution >= 0.6 is 0 Å². The highest BCUT2D eigenvalue weighted by Crippen LogP contribution is 2.07. The van der Waals surface area contributed by atoms with E-state index >= 15 is 0 Å². The molecule has 20 heavy (non-hydrogen) atoms. The van der Waals surface area contributed by atoms with Crippen molar-refractivity contribution in [2.45, 2.75) is 39.8 Å². The fraction of sp³-hybridized carbons (Fsp3) is 0.467. The maximum Gasteiger partial charge on any atom is 0.326 e. The summed E-state index contributed by atoms with van der Waals surface area (Å²) in [6, 6.07) is 6.42. The SMILES string of the molecule is Cc1ccccc1CNC(=O)NC(CC(C)C)C(=O)O. The number of carbonyl (C=O) groups is 2. The lowest BCUT2D eigenvalue weighted by molar-refractivity contribution is -0.139. The number of rotatable bonds is 6. The minimum absolute atomic E-state index is 0.202. The van der Waals surface area contributed by atoms with Crippen molar-refractivity contribution in [1.29, 1.82) is 0 Å². The van der Waals surface area contributed by atoms with E-state index in [-0.39, 0.29) is 5.92 Å². The summed E-state index contributed by atoms with van der Waals surface area (Å²) in [6.07, 6.45) is 0.410. The summed E-state index contributed by atoms with van der Waals surface area (Å²) in [5.74, 6) is -0.808. The first-order valence-electron chi connectivity index (χ1n) is 6.71. The van der Waals surface area contributed by atoms with Gasteiger partial charge >= 0.3 is 12.0 Å². The van der Waals surface area contributed by atoms with E-state index in [0.717, 1.165) is 11.1 Å². The van der Waals surface area contributed by atoms with Crippen molar-refractivity contribution in [3.63, 3.8) is 0 Å². The highest BCUT2D eigenvalue weighted by Gasteiger charge is 2.20.